The maximum absolute atomic E-state index is 13.6. The molecule has 1 atom stereocenters. The van der Waals surface area contributed by atoms with E-state index >= 15 is 0 Å². The normalized spacial score (nSPS) is 25.3. The summed E-state index contributed by atoms with van der Waals surface area (Å²) < 4.78 is 26.4. The van der Waals surface area contributed by atoms with Gasteiger partial charge in [-0.25, -0.2) is 8.78 Å². The van der Waals surface area contributed by atoms with Gasteiger partial charge < -0.3 is 5.32 Å². The summed E-state index contributed by atoms with van der Waals surface area (Å²) in [4.78, 5) is 0. The lowest BCUT2D eigenvalue weighted by molar-refractivity contribution is 0.0220. The first-order chi connectivity index (χ1) is 9.20. The molecule has 1 aromatic carbocycles. The van der Waals surface area contributed by atoms with Crippen LogP contribution in [0.5, 0.6) is 0 Å². The molecule has 1 nitrogen and oxygen atoms in total. The summed E-state index contributed by atoms with van der Waals surface area (Å²) >= 11 is 0. The van der Waals surface area contributed by atoms with Gasteiger partial charge in [-0.1, -0.05) is 25.3 Å². The summed E-state index contributed by atoms with van der Waals surface area (Å²) in [6.45, 7) is 0.512. The Balaban J connectivity index is 1.60. The van der Waals surface area contributed by atoms with Crippen LogP contribution in [0, 0.1) is 17.0 Å². The third-order valence-electron chi connectivity index (χ3n) is 5.07. The van der Waals surface area contributed by atoms with E-state index in [1.165, 1.54) is 51.0 Å². The second-order valence-corrected chi connectivity index (χ2v) is 6.13. The first-order valence-electron chi connectivity index (χ1n) is 7.37. The lowest BCUT2D eigenvalue weighted by atomic mass is 9.57. The molecule has 1 N–H and O–H groups in total. The number of hydrogen-bond donors (Lipinski definition) is 1. The minimum absolute atomic E-state index is 0.440. The molecule has 1 spiro atoms. The summed E-state index contributed by atoms with van der Waals surface area (Å²) in [6, 6.07) is 4.37. The van der Waals surface area contributed by atoms with Gasteiger partial charge in [-0.05, 0) is 37.2 Å². The van der Waals surface area contributed by atoms with Crippen molar-refractivity contribution < 1.29 is 8.78 Å². The minimum atomic E-state index is -0.506. The summed E-state index contributed by atoms with van der Waals surface area (Å²) in [5, 5.41) is 3.49. The van der Waals surface area contributed by atoms with Crippen molar-refractivity contribution in [1.82, 2.24) is 5.32 Å². The molecule has 19 heavy (non-hydrogen) atoms. The van der Waals surface area contributed by atoms with E-state index in [1.807, 2.05) is 0 Å². The molecule has 2 aliphatic rings. The smallest absolute Gasteiger partial charge is 0.130 e. The molecular formula is C16H21F2N. The number of nitrogens with one attached hydrogen (secondary N) is 1. The van der Waals surface area contributed by atoms with E-state index in [0.29, 0.717) is 23.6 Å². The van der Waals surface area contributed by atoms with Gasteiger partial charge in [0.15, 0.2) is 0 Å². The predicted octanol–water partition coefficient (Wildman–Crippen LogP) is 4.17. The number of benzene rings is 1. The molecule has 0 amide bonds. The third kappa shape index (κ3) is 2.53. The Morgan fingerprint density at radius 2 is 1.89 bits per heavy atom. The fourth-order valence-electron chi connectivity index (χ4n) is 3.77. The standard InChI is InChI=1S/C16H21F2N/c17-13-5-4-12(14(18)10-13)11-19-15-6-9-16(15)7-2-1-3-8-16/h4-5,10,15,19H,1-3,6-9,11H2. The van der Waals surface area contributed by atoms with Crippen molar-refractivity contribution in [1.29, 1.82) is 0 Å². The number of rotatable bonds is 3. The van der Waals surface area contributed by atoms with E-state index < -0.39 is 11.6 Å². The largest absolute Gasteiger partial charge is 0.309 e. The number of halogens is 2. The van der Waals surface area contributed by atoms with Crippen LogP contribution in [-0.2, 0) is 6.54 Å². The van der Waals surface area contributed by atoms with Crippen LogP contribution in [0.15, 0.2) is 18.2 Å². The maximum atomic E-state index is 13.6. The average Bonchev–Trinajstić information content (AvgIpc) is 2.41. The first-order valence-corrected chi connectivity index (χ1v) is 7.37. The summed E-state index contributed by atoms with van der Waals surface area (Å²) in [6.07, 6.45) is 9.18. The van der Waals surface area contributed by atoms with Gasteiger partial charge in [0.05, 0.1) is 0 Å². The second kappa shape index (κ2) is 5.20. The SMILES string of the molecule is Fc1ccc(CNC2CCC23CCCCC3)c(F)c1. The monoisotopic (exact) mass is 265 g/mol. The van der Waals surface area contributed by atoms with Gasteiger partial charge in [-0.15, -0.1) is 0 Å². The Morgan fingerprint density at radius 3 is 2.53 bits per heavy atom. The van der Waals surface area contributed by atoms with Gasteiger partial charge in [-0.3, -0.25) is 0 Å². The third-order valence-corrected chi connectivity index (χ3v) is 5.07. The van der Waals surface area contributed by atoms with Crippen molar-refractivity contribution in [2.24, 2.45) is 5.41 Å². The molecule has 2 saturated carbocycles. The van der Waals surface area contributed by atoms with Gasteiger partial charge >= 0.3 is 0 Å². The molecule has 3 rings (SSSR count). The molecular weight excluding hydrogens is 244 g/mol. The average molecular weight is 265 g/mol. The Hall–Kier alpha value is -0.960. The summed E-state index contributed by atoms with van der Waals surface area (Å²) in [5.41, 5.74) is 1.05. The highest BCUT2D eigenvalue weighted by Crippen LogP contribution is 2.51. The van der Waals surface area contributed by atoms with E-state index in [2.05, 4.69) is 5.32 Å². The Bertz CT molecular complexity index is 452. The van der Waals surface area contributed by atoms with Crippen LogP contribution in [-0.4, -0.2) is 6.04 Å². The van der Waals surface area contributed by atoms with Gasteiger partial charge in [0, 0.05) is 24.2 Å². The molecule has 2 fully saturated rings. The topological polar surface area (TPSA) is 12.0 Å². The van der Waals surface area contributed by atoms with Crippen LogP contribution in [0.4, 0.5) is 8.78 Å². The van der Waals surface area contributed by atoms with E-state index in [-0.39, 0.29) is 0 Å². The van der Waals surface area contributed by atoms with E-state index in [9.17, 15) is 8.78 Å². The van der Waals surface area contributed by atoms with Crippen LogP contribution < -0.4 is 5.32 Å². The molecule has 3 heteroatoms. The van der Waals surface area contributed by atoms with Crippen molar-refractivity contribution in [3.63, 3.8) is 0 Å². The Morgan fingerprint density at radius 1 is 1.11 bits per heavy atom. The molecule has 0 aromatic heterocycles. The second-order valence-electron chi connectivity index (χ2n) is 6.13. The summed E-state index contributed by atoms with van der Waals surface area (Å²) in [5.74, 6) is -0.946. The Labute approximate surface area is 113 Å². The molecule has 1 aromatic rings. The molecule has 0 aliphatic heterocycles. The van der Waals surface area contributed by atoms with Gasteiger partial charge in [0.1, 0.15) is 11.6 Å². The van der Waals surface area contributed by atoms with E-state index in [1.54, 1.807) is 6.07 Å². The number of hydrogen-bond acceptors (Lipinski definition) is 1. The van der Waals surface area contributed by atoms with E-state index in [0.717, 1.165) is 6.07 Å². The molecule has 0 saturated heterocycles. The zero-order valence-electron chi connectivity index (χ0n) is 11.2. The molecule has 0 heterocycles. The highest BCUT2D eigenvalue weighted by atomic mass is 19.1. The van der Waals surface area contributed by atoms with Crippen molar-refractivity contribution in [3.05, 3.63) is 35.4 Å². The molecule has 104 valence electrons. The lowest BCUT2D eigenvalue weighted by Gasteiger charge is -2.52. The zero-order valence-corrected chi connectivity index (χ0v) is 11.2. The zero-order chi connectivity index (χ0) is 13.3. The molecule has 1 unspecified atom stereocenters. The quantitative estimate of drug-likeness (QED) is 0.865. The van der Waals surface area contributed by atoms with Crippen LogP contribution >= 0.6 is 0 Å². The summed E-state index contributed by atoms with van der Waals surface area (Å²) in [7, 11) is 0. The Kier molecular flexibility index (Phi) is 3.57. The van der Waals surface area contributed by atoms with Crippen molar-refractivity contribution in [2.45, 2.75) is 57.5 Å². The molecule has 0 bridgehead atoms. The van der Waals surface area contributed by atoms with Crippen LogP contribution in [0.1, 0.15) is 50.5 Å². The first kappa shape index (κ1) is 13.0. The fourth-order valence-corrected chi connectivity index (χ4v) is 3.77. The van der Waals surface area contributed by atoms with Gasteiger partial charge in [0.2, 0.25) is 0 Å². The van der Waals surface area contributed by atoms with Crippen LogP contribution in [0.2, 0.25) is 0 Å². The van der Waals surface area contributed by atoms with E-state index in [4.69, 9.17) is 0 Å². The van der Waals surface area contributed by atoms with Crippen LogP contribution in [0.25, 0.3) is 0 Å². The van der Waals surface area contributed by atoms with Crippen molar-refractivity contribution in [3.8, 4) is 0 Å². The predicted molar refractivity (Wildman–Crippen MR) is 71.7 cm³/mol. The molecule has 2 aliphatic carbocycles. The fraction of sp³-hybridized carbons (Fsp3) is 0.625. The van der Waals surface area contributed by atoms with Gasteiger partial charge in [0.25, 0.3) is 0 Å². The maximum Gasteiger partial charge on any atom is 0.130 e. The van der Waals surface area contributed by atoms with Crippen LogP contribution in [0.3, 0.4) is 0 Å². The minimum Gasteiger partial charge on any atom is -0.309 e. The molecule has 0 radical (unpaired) electrons. The highest BCUT2D eigenvalue weighted by Gasteiger charge is 2.46. The van der Waals surface area contributed by atoms with Crippen molar-refractivity contribution >= 4 is 0 Å². The van der Waals surface area contributed by atoms with Crippen molar-refractivity contribution in [2.75, 3.05) is 0 Å². The van der Waals surface area contributed by atoms with Gasteiger partial charge in [-0.2, -0.15) is 0 Å². The highest BCUT2D eigenvalue weighted by molar-refractivity contribution is 5.18. The lowest BCUT2D eigenvalue weighted by Crippen LogP contribution is -2.54.